The van der Waals surface area contributed by atoms with Gasteiger partial charge in [-0.25, -0.2) is 22.4 Å². The molecule has 0 radical (unpaired) electrons. The number of amides is 1. The van der Waals surface area contributed by atoms with E-state index in [1.807, 2.05) is 0 Å². The molecule has 34 heavy (non-hydrogen) atoms. The number of carboxylic acids is 1. The number of hydrogen-bond acceptors (Lipinski definition) is 5. The molecule has 1 fully saturated rings. The number of carboxylic acid groups (broad SMARTS) is 1. The fourth-order valence-electron chi connectivity index (χ4n) is 2.67. The first-order valence-electron chi connectivity index (χ1n) is 10.3. The molecule has 2 unspecified atom stereocenters. The number of carbonyl (C=O) groups is 2. The van der Waals surface area contributed by atoms with Gasteiger partial charge in [-0.15, -0.1) is 0 Å². The number of rotatable bonds is 13. The smallest absolute Gasteiger partial charge is 0.335 e. The summed E-state index contributed by atoms with van der Waals surface area (Å²) in [6.07, 6.45) is -1.20. The molecule has 0 spiro atoms. The van der Waals surface area contributed by atoms with Crippen LogP contribution in [0.1, 0.15) is 19.8 Å². The molecule has 1 amide bonds. The third kappa shape index (κ3) is 8.00. The molecule has 0 heterocycles. The number of alkyl halides is 2. The summed E-state index contributed by atoms with van der Waals surface area (Å²) < 4.78 is 65.2. The van der Waals surface area contributed by atoms with Gasteiger partial charge in [0.25, 0.3) is 5.91 Å². The fourth-order valence-corrected chi connectivity index (χ4v) is 2.91. The van der Waals surface area contributed by atoms with Crippen molar-refractivity contribution in [1.82, 2.24) is 0 Å². The topological polar surface area (TPSA) is 105 Å². The van der Waals surface area contributed by atoms with Crippen LogP contribution in [0.3, 0.4) is 0 Å². The Labute approximate surface area is 198 Å². The van der Waals surface area contributed by atoms with E-state index in [4.69, 9.17) is 26.2 Å². The standard InChI is InChI=1S/C22H24ClF4NO6/c1-11(25)19(26)20(27)18(15(7-24)22(31)32)21(30)28-13-4-5-17(16(23)6-13)34-10-14(29)9-33-8-12-2-3-12/h4-6,11-12,14,29H,2-3,7-10H2,1H3,(H,28,30)(H,31,32). The van der Waals surface area contributed by atoms with Gasteiger partial charge in [0, 0.05) is 12.3 Å². The van der Waals surface area contributed by atoms with Crippen LogP contribution in [0.2, 0.25) is 5.02 Å². The van der Waals surface area contributed by atoms with Crippen LogP contribution in [0.4, 0.5) is 23.2 Å². The lowest BCUT2D eigenvalue weighted by Gasteiger charge is -2.15. The Kier molecular flexibility index (Phi) is 10.3. The number of hydrogen-bond donors (Lipinski definition) is 3. The molecule has 1 aromatic rings. The van der Waals surface area contributed by atoms with Crippen LogP contribution in [0.5, 0.6) is 5.75 Å². The second-order valence-electron chi connectivity index (χ2n) is 7.62. The molecular formula is C22H24ClF4NO6. The second kappa shape index (κ2) is 12.7. The Bertz CT molecular complexity index is 965. The van der Waals surface area contributed by atoms with E-state index in [0.717, 1.165) is 18.9 Å². The number of allylic oxidation sites excluding steroid dienone is 1. The molecule has 3 N–H and O–H groups in total. The van der Waals surface area contributed by atoms with E-state index in [1.165, 1.54) is 12.1 Å². The van der Waals surface area contributed by atoms with E-state index < -0.39 is 53.6 Å². The monoisotopic (exact) mass is 509 g/mol. The summed E-state index contributed by atoms with van der Waals surface area (Å²) >= 11 is 6.08. The van der Waals surface area contributed by atoms with E-state index >= 15 is 0 Å². The summed E-state index contributed by atoms with van der Waals surface area (Å²) in [6.45, 7) is -0.698. The Hall–Kier alpha value is -2.63. The normalized spacial score (nSPS) is 16.8. The number of ether oxygens (including phenoxy) is 2. The van der Waals surface area contributed by atoms with Gasteiger partial charge >= 0.3 is 5.97 Å². The molecule has 0 aromatic heterocycles. The molecule has 1 aromatic carbocycles. The number of nitrogens with one attached hydrogen (secondary N) is 1. The lowest BCUT2D eigenvalue weighted by Crippen LogP contribution is -2.24. The number of anilines is 1. The van der Waals surface area contributed by atoms with Crippen LogP contribution in [-0.2, 0) is 14.3 Å². The lowest BCUT2D eigenvalue weighted by molar-refractivity contribution is -0.133. The molecular weight excluding hydrogens is 486 g/mol. The maximum absolute atomic E-state index is 14.4. The van der Waals surface area contributed by atoms with Gasteiger partial charge in [0.05, 0.1) is 22.8 Å². The predicted molar refractivity (Wildman–Crippen MR) is 116 cm³/mol. The highest BCUT2D eigenvalue weighted by Crippen LogP contribution is 2.31. The highest BCUT2D eigenvalue weighted by atomic mass is 35.5. The largest absolute Gasteiger partial charge is 0.489 e. The van der Waals surface area contributed by atoms with Crippen molar-refractivity contribution in [1.29, 1.82) is 0 Å². The van der Waals surface area contributed by atoms with Crippen molar-refractivity contribution in [3.05, 3.63) is 46.0 Å². The Morgan fingerprint density at radius 1 is 1.26 bits per heavy atom. The molecule has 7 nitrogen and oxygen atoms in total. The highest BCUT2D eigenvalue weighted by molar-refractivity contribution is 6.32. The molecule has 188 valence electrons. The number of aliphatic carboxylic acids is 1. The maximum atomic E-state index is 14.4. The molecule has 12 heteroatoms. The van der Waals surface area contributed by atoms with Gasteiger partial charge in [-0.3, -0.25) is 4.79 Å². The van der Waals surface area contributed by atoms with Crippen molar-refractivity contribution in [3.8, 4) is 5.75 Å². The Morgan fingerprint density at radius 2 is 1.94 bits per heavy atom. The van der Waals surface area contributed by atoms with Crippen molar-refractivity contribution < 1.29 is 46.8 Å². The maximum Gasteiger partial charge on any atom is 0.335 e. The zero-order chi connectivity index (χ0) is 25.4. The molecule has 1 aliphatic carbocycles. The number of halogens is 5. The zero-order valence-electron chi connectivity index (χ0n) is 18.1. The van der Waals surface area contributed by atoms with Gasteiger partial charge in [-0.1, -0.05) is 11.6 Å². The van der Waals surface area contributed by atoms with Gasteiger partial charge in [-0.05, 0) is 43.9 Å². The van der Waals surface area contributed by atoms with Crippen LogP contribution < -0.4 is 10.1 Å². The summed E-state index contributed by atoms with van der Waals surface area (Å²) in [5, 5.41) is 21.0. The van der Waals surface area contributed by atoms with Crippen LogP contribution in [0.15, 0.2) is 41.0 Å². The lowest BCUT2D eigenvalue weighted by atomic mass is 10.1. The van der Waals surface area contributed by atoms with Crippen molar-refractivity contribution in [2.75, 3.05) is 31.8 Å². The number of carbonyl (C=O) groups excluding carboxylic acids is 1. The zero-order valence-corrected chi connectivity index (χ0v) is 18.9. The van der Waals surface area contributed by atoms with Crippen molar-refractivity contribution in [2.24, 2.45) is 5.92 Å². The summed E-state index contributed by atoms with van der Waals surface area (Å²) in [6, 6.07) is 3.68. The Balaban J connectivity index is 2.11. The third-order valence-corrected chi connectivity index (χ3v) is 4.98. The molecule has 0 bridgehead atoms. The van der Waals surface area contributed by atoms with E-state index in [-0.39, 0.29) is 29.7 Å². The first-order chi connectivity index (χ1) is 16.0. The van der Waals surface area contributed by atoms with E-state index in [2.05, 4.69) is 5.32 Å². The second-order valence-corrected chi connectivity index (χ2v) is 8.02. The number of aliphatic hydroxyl groups excluding tert-OH is 1. The van der Waals surface area contributed by atoms with Crippen LogP contribution >= 0.6 is 11.6 Å². The number of aliphatic hydroxyl groups is 1. The number of benzene rings is 1. The summed E-state index contributed by atoms with van der Waals surface area (Å²) in [5.41, 5.74) is -2.99. The van der Waals surface area contributed by atoms with Crippen LogP contribution in [-0.4, -0.2) is 60.9 Å². The van der Waals surface area contributed by atoms with Gasteiger partial charge in [-0.2, -0.15) is 0 Å². The predicted octanol–water partition coefficient (Wildman–Crippen LogP) is 4.30. The van der Waals surface area contributed by atoms with Gasteiger partial charge in [0.2, 0.25) is 0 Å². The van der Waals surface area contributed by atoms with Gasteiger partial charge in [0.15, 0.2) is 17.8 Å². The molecule has 1 saturated carbocycles. The van der Waals surface area contributed by atoms with E-state index in [9.17, 15) is 32.3 Å². The van der Waals surface area contributed by atoms with E-state index in [0.29, 0.717) is 19.4 Å². The average Bonchev–Trinajstić information content (AvgIpc) is 3.59. The quantitative estimate of drug-likeness (QED) is 0.208. The minimum atomic E-state index is -2.50. The SMILES string of the molecule is CC(F)C(F)=C(F)C(C(=O)Nc1ccc(OCC(O)COCC2CC2)c(Cl)c1)=C(CF)C(=O)O. The Morgan fingerprint density at radius 3 is 2.47 bits per heavy atom. The fraction of sp³-hybridized carbons (Fsp3) is 0.455. The molecule has 2 atom stereocenters. The van der Waals surface area contributed by atoms with Crippen molar-refractivity contribution >= 4 is 29.2 Å². The minimum absolute atomic E-state index is 0.0436. The highest BCUT2D eigenvalue weighted by Gasteiger charge is 2.29. The summed E-state index contributed by atoms with van der Waals surface area (Å²) in [5.74, 6) is -7.09. The minimum Gasteiger partial charge on any atom is -0.489 e. The van der Waals surface area contributed by atoms with Crippen LogP contribution in [0.25, 0.3) is 0 Å². The summed E-state index contributed by atoms with van der Waals surface area (Å²) in [4.78, 5) is 23.7. The van der Waals surface area contributed by atoms with Gasteiger partial charge in [0.1, 0.15) is 25.1 Å². The first-order valence-corrected chi connectivity index (χ1v) is 10.6. The first kappa shape index (κ1) is 27.6. The molecule has 1 aliphatic rings. The molecule has 0 saturated heterocycles. The van der Waals surface area contributed by atoms with Gasteiger partial charge < -0.3 is 25.0 Å². The van der Waals surface area contributed by atoms with E-state index in [1.54, 1.807) is 0 Å². The average molecular weight is 510 g/mol. The molecule has 0 aliphatic heterocycles. The summed E-state index contributed by atoms with van der Waals surface area (Å²) in [7, 11) is 0. The molecule has 2 rings (SSSR count). The van der Waals surface area contributed by atoms with Crippen molar-refractivity contribution in [3.63, 3.8) is 0 Å². The third-order valence-electron chi connectivity index (χ3n) is 4.68. The van der Waals surface area contributed by atoms with Crippen molar-refractivity contribution in [2.45, 2.75) is 32.0 Å². The van der Waals surface area contributed by atoms with Crippen LogP contribution in [0, 0.1) is 5.92 Å².